The maximum Gasteiger partial charge on any atom is 0.244 e. The van der Waals surface area contributed by atoms with Gasteiger partial charge in [0.05, 0.1) is 12.0 Å². The molecule has 2 aliphatic heterocycles. The molecule has 0 N–H and O–H groups in total. The van der Waals surface area contributed by atoms with Gasteiger partial charge in [0, 0.05) is 19.4 Å². The summed E-state index contributed by atoms with van der Waals surface area (Å²) in [5.41, 5.74) is 3.23. The number of carbonyl (C=O) groups excluding carboxylic acids is 1. The fourth-order valence-corrected chi connectivity index (χ4v) is 3.74. The van der Waals surface area contributed by atoms with E-state index in [9.17, 15) is 4.79 Å². The van der Waals surface area contributed by atoms with E-state index in [2.05, 4.69) is 36.1 Å². The lowest BCUT2D eigenvalue weighted by molar-refractivity contribution is -0.133. The molecule has 136 valence electrons. The highest BCUT2D eigenvalue weighted by molar-refractivity contribution is 6.03. The van der Waals surface area contributed by atoms with Crippen LogP contribution in [0.2, 0.25) is 0 Å². The highest BCUT2D eigenvalue weighted by atomic mass is 16.3. The summed E-state index contributed by atoms with van der Waals surface area (Å²) in [7, 11) is 0. The van der Waals surface area contributed by atoms with Crippen molar-refractivity contribution in [2.24, 2.45) is 5.10 Å². The van der Waals surface area contributed by atoms with Crippen LogP contribution in [0.25, 0.3) is 0 Å². The van der Waals surface area contributed by atoms with Crippen LogP contribution < -0.4 is 0 Å². The second-order valence-corrected chi connectivity index (χ2v) is 7.19. The molecule has 0 spiro atoms. The number of rotatable bonds is 5. The molecule has 5 nitrogen and oxygen atoms in total. The fourth-order valence-electron chi connectivity index (χ4n) is 3.74. The minimum atomic E-state index is -0.146. The van der Waals surface area contributed by atoms with Crippen molar-refractivity contribution in [1.29, 1.82) is 0 Å². The van der Waals surface area contributed by atoms with Crippen molar-refractivity contribution >= 4 is 11.6 Å². The highest BCUT2D eigenvalue weighted by Crippen LogP contribution is 2.33. The molecule has 0 bridgehead atoms. The average molecular weight is 351 g/mol. The van der Waals surface area contributed by atoms with Crippen LogP contribution in [0.4, 0.5) is 0 Å². The van der Waals surface area contributed by atoms with Crippen LogP contribution in [0.1, 0.15) is 48.6 Å². The third kappa shape index (κ3) is 3.58. The molecule has 26 heavy (non-hydrogen) atoms. The summed E-state index contributed by atoms with van der Waals surface area (Å²) in [6.45, 7) is 5.09. The lowest BCUT2D eigenvalue weighted by Gasteiger charge is -2.21. The van der Waals surface area contributed by atoms with E-state index in [0.29, 0.717) is 12.8 Å². The van der Waals surface area contributed by atoms with Crippen molar-refractivity contribution in [1.82, 2.24) is 9.91 Å². The Morgan fingerprint density at radius 1 is 1.19 bits per heavy atom. The van der Waals surface area contributed by atoms with E-state index in [4.69, 9.17) is 9.52 Å². The number of benzene rings is 1. The van der Waals surface area contributed by atoms with Gasteiger partial charge in [0.1, 0.15) is 11.8 Å². The zero-order valence-corrected chi connectivity index (χ0v) is 15.2. The van der Waals surface area contributed by atoms with Gasteiger partial charge in [0.2, 0.25) is 5.91 Å². The molecule has 2 aliphatic rings. The Labute approximate surface area is 154 Å². The number of hydrogen-bond acceptors (Lipinski definition) is 4. The zero-order chi connectivity index (χ0) is 17.9. The zero-order valence-electron chi connectivity index (χ0n) is 15.2. The number of amides is 1. The molecule has 4 rings (SSSR count). The predicted octanol–water partition coefficient (Wildman–Crippen LogP) is 3.75. The normalized spacial score (nSPS) is 20.6. The van der Waals surface area contributed by atoms with Gasteiger partial charge in [-0.2, -0.15) is 5.10 Å². The Balaban J connectivity index is 1.53. The van der Waals surface area contributed by atoms with Gasteiger partial charge >= 0.3 is 0 Å². The van der Waals surface area contributed by atoms with E-state index in [1.807, 2.05) is 12.1 Å². The maximum atomic E-state index is 12.9. The molecule has 1 fully saturated rings. The summed E-state index contributed by atoms with van der Waals surface area (Å²) < 4.78 is 5.60. The van der Waals surface area contributed by atoms with E-state index in [-0.39, 0.29) is 11.9 Å². The Hall–Kier alpha value is -2.40. The van der Waals surface area contributed by atoms with Gasteiger partial charge in [0.15, 0.2) is 0 Å². The van der Waals surface area contributed by atoms with Gasteiger partial charge in [-0.15, -0.1) is 0 Å². The molecular formula is C21H25N3O2. The highest BCUT2D eigenvalue weighted by Gasteiger charge is 2.34. The molecule has 1 saturated heterocycles. The minimum Gasteiger partial charge on any atom is -0.467 e. The predicted molar refractivity (Wildman–Crippen MR) is 101 cm³/mol. The van der Waals surface area contributed by atoms with Crippen LogP contribution in [0.3, 0.4) is 0 Å². The number of carbonyl (C=O) groups is 1. The molecule has 1 amide bonds. The van der Waals surface area contributed by atoms with Crippen molar-refractivity contribution in [3.8, 4) is 0 Å². The molecule has 2 aromatic rings. The van der Waals surface area contributed by atoms with Gasteiger partial charge in [-0.1, -0.05) is 29.8 Å². The van der Waals surface area contributed by atoms with Gasteiger partial charge in [-0.3, -0.25) is 4.79 Å². The second-order valence-electron chi connectivity index (χ2n) is 7.19. The summed E-state index contributed by atoms with van der Waals surface area (Å²) in [6, 6.07) is 12.0. The SMILES string of the molecule is Cc1ccc(C2=NN(C(=O)CCN3CCCC3)[C@H](c3ccco3)C2)cc1. The fraction of sp³-hybridized carbons (Fsp3) is 0.429. The lowest BCUT2D eigenvalue weighted by Crippen LogP contribution is -2.31. The maximum absolute atomic E-state index is 12.9. The van der Waals surface area contributed by atoms with Crippen molar-refractivity contribution in [2.45, 2.75) is 38.6 Å². The monoisotopic (exact) mass is 351 g/mol. The largest absolute Gasteiger partial charge is 0.467 e. The third-order valence-electron chi connectivity index (χ3n) is 5.26. The van der Waals surface area contributed by atoms with E-state index < -0.39 is 0 Å². The molecule has 0 radical (unpaired) electrons. The van der Waals surface area contributed by atoms with Gasteiger partial charge in [0.25, 0.3) is 0 Å². The van der Waals surface area contributed by atoms with E-state index in [1.54, 1.807) is 11.3 Å². The molecule has 3 heterocycles. The number of furan rings is 1. The molecule has 0 saturated carbocycles. The molecule has 0 unspecified atom stereocenters. The molecular weight excluding hydrogens is 326 g/mol. The van der Waals surface area contributed by atoms with Crippen LogP contribution in [0.15, 0.2) is 52.2 Å². The van der Waals surface area contributed by atoms with Crippen LogP contribution >= 0.6 is 0 Å². The van der Waals surface area contributed by atoms with Gasteiger partial charge in [-0.25, -0.2) is 5.01 Å². The van der Waals surface area contributed by atoms with Crippen molar-refractivity contribution in [2.75, 3.05) is 19.6 Å². The number of likely N-dealkylation sites (tertiary alicyclic amines) is 1. The first-order valence-corrected chi connectivity index (χ1v) is 9.43. The van der Waals surface area contributed by atoms with Crippen molar-refractivity contribution in [3.63, 3.8) is 0 Å². The van der Waals surface area contributed by atoms with Crippen LogP contribution in [0.5, 0.6) is 0 Å². The molecule has 5 heteroatoms. The lowest BCUT2D eigenvalue weighted by atomic mass is 10.0. The Morgan fingerprint density at radius 2 is 1.96 bits per heavy atom. The number of hydrogen-bond donors (Lipinski definition) is 0. The second kappa shape index (κ2) is 7.46. The Bertz CT molecular complexity index is 774. The average Bonchev–Trinajstić information content (AvgIpc) is 3.41. The van der Waals surface area contributed by atoms with E-state index in [0.717, 1.165) is 36.7 Å². The first-order chi connectivity index (χ1) is 12.7. The summed E-state index contributed by atoms with van der Waals surface area (Å²) in [5, 5.41) is 6.34. The smallest absolute Gasteiger partial charge is 0.244 e. The summed E-state index contributed by atoms with van der Waals surface area (Å²) >= 11 is 0. The third-order valence-corrected chi connectivity index (χ3v) is 5.26. The van der Waals surface area contributed by atoms with Gasteiger partial charge < -0.3 is 9.32 Å². The van der Waals surface area contributed by atoms with Crippen molar-refractivity contribution in [3.05, 3.63) is 59.5 Å². The minimum absolute atomic E-state index is 0.0698. The topological polar surface area (TPSA) is 49.1 Å². The summed E-state index contributed by atoms with van der Waals surface area (Å²) in [6.07, 6.45) is 5.32. The quantitative estimate of drug-likeness (QED) is 0.824. The van der Waals surface area contributed by atoms with E-state index >= 15 is 0 Å². The number of nitrogens with zero attached hydrogens (tertiary/aromatic N) is 3. The number of hydrazone groups is 1. The van der Waals surface area contributed by atoms with E-state index in [1.165, 1.54) is 18.4 Å². The van der Waals surface area contributed by atoms with Crippen molar-refractivity contribution < 1.29 is 9.21 Å². The first kappa shape index (κ1) is 17.0. The standard InChI is InChI=1S/C21H25N3O2/c1-16-6-8-17(9-7-16)18-15-19(20-5-4-14-26-20)24(22-18)21(25)10-13-23-11-2-3-12-23/h4-9,14,19H,2-3,10-13,15H2,1H3/t19-/m0/s1. The molecule has 0 aliphatic carbocycles. The van der Waals surface area contributed by atoms with Crippen LogP contribution in [-0.2, 0) is 4.79 Å². The molecule has 1 atom stereocenters. The molecule has 1 aromatic carbocycles. The number of aryl methyl sites for hydroxylation is 1. The van der Waals surface area contributed by atoms with Crippen LogP contribution in [0, 0.1) is 6.92 Å². The molecule has 1 aromatic heterocycles. The Kier molecular flexibility index (Phi) is 4.89. The van der Waals surface area contributed by atoms with Gasteiger partial charge in [-0.05, 0) is 50.6 Å². The Morgan fingerprint density at radius 3 is 2.65 bits per heavy atom. The summed E-state index contributed by atoms with van der Waals surface area (Å²) in [5.74, 6) is 0.866. The first-order valence-electron chi connectivity index (χ1n) is 9.43. The summed E-state index contributed by atoms with van der Waals surface area (Å²) in [4.78, 5) is 15.3. The van der Waals surface area contributed by atoms with Crippen LogP contribution in [-0.4, -0.2) is 41.2 Å².